The molecule has 1 aliphatic rings. The molecule has 0 N–H and O–H groups in total. The van der Waals surface area contributed by atoms with Crippen LogP contribution in [0.2, 0.25) is 0 Å². The molecular formula is C10H10Cl2O2. The molecule has 0 aromatic rings. The fourth-order valence-corrected chi connectivity index (χ4v) is 2.45. The van der Waals surface area contributed by atoms with Gasteiger partial charge in [-0.2, -0.15) is 0 Å². The van der Waals surface area contributed by atoms with E-state index in [2.05, 4.69) is 0 Å². The van der Waals surface area contributed by atoms with E-state index in [1.54, 1.807) is 13.8 Å². The molecular weight excluding hydrogens is 223 g/mol. The molecule has 0 saturated carbocycles. The second kappa shape index (κ2) is 3.87. The SMILES string of the molecule is CC1(C)C(C=O)=C(Cl)C=C(Cl)C1C=O. The van der Waals surface area contributed by atoms with Gasteiger partial charge in [-0.1, -0.05) is 37.0 Å². The third-order valence-corrected chi connectivity index (χ3v) is 3.20. The summed E-state index contributed by atoms with van der Waals surface area (Å²) in [6.45, 7) is 3.54. The van der Waals surface area contributed by atoms with Gasteiger partial charge in [0, 0.05) is 21.1 Å². The average Bonchev–Trinajstić information content (AvgIpc) is 2.02. The molecule has 1 rings (SSSR count). The van der Waals surface area contributed by atoms with E-state index in [4.69, 9.17) is 23.2 Å². The number of hydrogen-bond donors (Lipinski definition) is 0. The molecule has 0 fully saturated rings. The lowest BCUT2D eigenvalue weighted by Crippen LogP contribution is -2.31. The monoisotopic (exact) mass is 232 g/mol. The number of carbonyl (C=O) groups is 2. The molecule has 0 saturated heterocycles. The molecule has 1 atom stereocenters. The van der Waals surface area contributed by atoms with Crippen LogP contribution in [0.4, 0.5) is 0 Å². The summed E-state index contributed by atoms with van der Waals surface area (Å²) in [5.41, 5.74) is -0.215. The topological polar surface area (TPSA) is 34.1 Å². The minimum Gasteiger partial charge on any atom is -0.303 e. The Bertz CT molecular complexity index is 340. The minimum atomic E-state index is -0.633. The van der Waals surface area contributed by atoms with Crippen LogP contribution in [-0.2, 0) is 9.59 Å². The average molecular weight is 233 g/mol. The van der Waals surface area contributed by atoms with Crippen molar-refractivity contribution < 1.29 is 9.59 Å². The van der Waals surface area contributed by atoms with E-state index in [0.717, 1.165) is 6.29 Å². The molecule has 0 aliphatic heterocycles. The lowest BCUT2D eigenvalue weighted by Gasteiger charge is -2.34. The highest BCUT2D eigenvalue weighted by atomic mass is 35.5. The van der Waals surface area contributed by atoms with Gasteiger partial charge in [-0.15, -0.1) is 0 Å². The van der Waals surface area contributed by atoms with E-state index in [-0.39, 0.29) is 0 Å². The zero-order valence-corrected chi connectivity index (χ0v) is 9.39. The molecule has 0 amide bonds. The van der Waals surface area contributed by atoms with Gasteiger partial charge in [0.25, 0.3) is 0 Å². The highest BCUT2D eigenvalue weighted by Gasteiger charge is 2.39. The summed E-state index contributed by atoms with van der Waals surface area (Å²) >= 11 is 11.7. The van der Waals surface area contributed by atoms with Crippen molar-refractivity contribution in [1.29, 1.82) is 0 Å². The fraction of sp³-hybridized carbons (Fsp3) is 0.400. The van der Waals surface area contributed by atoms with Gasteiger partial charge in [0.1, 0.15) is 12.6 Å². The van der Waals surface area contributed by atoms with Crippen molar-refractivity contribution >= 4 is 35.8 Å². The normalized spacial score (nSPS) is 25.7. The van der Waals surface area contributed by atoms with E-state index in [1.165, 1.54) is 6.08 Å². The van der Waals surface area contributed by atoms with Gasteiger partial charge in [-0.05, 0) is 6.08 Å². The zero-order valence-electron chi connectivity index (χ0n) is 7.88. The predicted molar refractivity (Wildman–Crippen MR) is 56.2 cm³/mol. The van der Waals surface area contributed by atoms with Crippen molar-refractivity contribution in [1.82, 2.24) is 0 Å². The molecule has 0 aromatic heterocycles. The van der Waals surface area contributed by atoms with Crippen molar-refractivity contribution in [3.8, 4) is 0 Å². The van der Waals surface area contributed by atoms with Crippen molar-refractivity contribution in [3.05, 3.63) is 21.7 Å². The summed E-state index contributed by atoms with van der Waals surface area (Å²) in [6, 6.07) is 0. The maximum Gasteiger partial charge on any atom is 0.148 e. The maximum absolute atomic E-state index is 10.8. The van der Waals surface area contributed by atoms with Gasteiger partial charge in [-0.3, -0.25) is 4.79 Å². The first-order valence-electron chi connectivity index (χ1n) is 4.13. The van der Waals surface area contributed by atoms with Crippen LogP contribution in [0.3, 0.4) is 0 Å². The Morgan fingerprint density at radius 1 is 1.36 bits per heavy atom. The quantitative estimate of drug-likeness (QED) is 0.687. The summed E-state index contributed by atoms with van der Waals surface area (Å²) in [5.74, 6) is -0.494. The molecule has 1 unspecified atom stereocenters. The Kier molecular flexibility index (Phi) is 3.17. The van der Waals surface area contributed by atoms with Crippen LogP contribution in [0.1, 0.15) is 13.8 Å². The Morgan fingerprint density at radius 3 is 2.36 bits per heavy atom. The third kappa shape index (κ3) is 1.64. The van der Waals surface area contributed by atoms with Crippen LogP contribution in [-0.4, -0.2) is 12.6 Å². The van der Waals surface area contributed by atoms with E-state index in [9.17, 15) is 9.59 Å². The number of aldehydes is 2. The highest BCUT2D eigenvalue weighted by molar-refractivity contribution is 6.37. The lowest BCUT2D eigenvalue weighted by atomic mass is 9.71. The van der Waals surface area contributed by atoms with Gasteiger partial charge in [0.15, 0.2) is 0 Å². The second-order valence-corrected chi connectivity index (χ2v) is 4.59. The Labute approximate surface area is 92.6 Å². The minimum absolute atomic E-state index is 0.313. The van der Waals surface area contributed by atoms with Crippen LogP contribution in [0.5, 0.6) is 0 Å². The van der Waals surface area contributed by atoms with Crippen molar-refractivity contribution in [2.75, 3.05) is 0 Å². The van der Waals surface area contributed by atoms with E-state index >= 15 is 0 Å². The van der Waals surface area contributed by atoms with Gasteiger partial charge in [0.05, 0.1) is 5.92 Å². The van der Waals surface area contributed by atoms with Gasteiger partial charge >= 0.3 is 0 Å². The van der Waals surface area contributed by atoms with Gasteiger partial charge in [0.2, 0.25) is 0 Å². The number of carbonyl (C=O) groups excluding carboxylic acids is 2. The lowest BCUT2D eigenvalue weighted by molar-refractivity contribution is -0.112. The number of halogens is 2. The molecule has 14 heavy (non-hydrogen) atoms. The maximum atomic E-state index is 10.8. The zero-order chi connectivity index (χ0) is 10.9. The predicted octanol–water partition coefficient (Wildman–Crippen LogP) is 2.66. The van der Waals surface area contributed by atoms with Crippen molar-refractivity contribution in [2.24, 2.45) is 11.3 Å². The van der Waals surface area contributed by atoms with Crippen LogP contribution in [0.25, 0.3) is 0 Å². The first-order valence-corrected chi connectivity index (χ1v) is 4.88. The number of hydrogen-bond acceptors (Lipinski definition) is 2. The largest absolute Gasteiger partial charge is 0.303 e. The van der Waals surface area contributed by atoms with Crippen molar-refractivity contribution in [2.45, 2.75) is 13.8 Å². The molecule has 2 nitrogen and oxygen atoms in total. The first kappa shape index (κ1) is 11.5. The second-order valence-electron chi connectivity index (χ2n) is 3.74. The summed E-state index contributed by atoms with van der Waals surface area (Å²) in [4.78, 5) is 21.7. The number of rotatable bonds is 2. The molecule has 1 aliphatic carbocycles. The molecule has 0 heterocycles. The van der Waals surface area contributed by atoms with Gasteiger partial charge in [-0.25, -0.2) is 0 Å². The Hall–Kier alpha value is -0.600. The molecule has 4 heteroatoms. The highest BCUT2D eigenvalue weighted by Crippen LogP contribution is 2.44. The van der Waals surface area contributed by atoms with E-state index in [0.29, 0.717) is 21.9 Å². The first-order chi connectivity index (χ1) is 6.45. The molecule has 0 aromatic carbocycles. The Morgan fingerprint density at radius 2 is 1.93 bits per heavy atom. The number of allylic oxidation sites excluding steroid dienone is 4. The smallest absolute Gasteiger partial charge is 0.148 e. The van der Waals surface area contributed by atoms with Crippen LogP contribution < -0.4 is 0 Å². The van der Waals surface area contributed by atoms with Crippen LogP contribution in [0.15, 0.2) is 21.7 Å². The van der Waals surface area contributed by atoms with Crippen LogP contribution >= 0.6 is 23.2 Å². The summed E-state index contributed by atoms with van der Waals surface area (Å²) in [5, 5.41) is 0.689. The molecule has 76 valence electrons. The summed E-state index contributed by atoms with van der Waals surface area (Å²) in [6.07, 6.45) is 2.88. The van der Waals surface area contributed by atoms with Crippen LogP contribution in [0, 0.1) is 11.3 Å². The summed E-state index contributed by atoms with van der Waals surface area (Å²) in [7, 11) is 0. The fourth-order valence-electron chi connectivity index (χ4n) is 1.55. The third-order valence-electron chi connectivity index (χ3n) is 2.54. The van der Waals surface area contributed by atoms with Crippen molar-refractivity contribution in [3.63, 3.8) is 0 Å². The Balaban J connectivity index is 3.33. The van der Waals surface area contributed by atoms with Gasteiger partial charge < -0.3 is 4.79 Å². The van der Waals surface area contributed by atoms with E-state index in [1.807, 2.05) is 0 Å². The molecule has 0 bridgehead atoms. The van der Waals surface area contributed by atoms with E-state index < -0.39 is 11.3 Å². The molecule has 0 radical (unpaired) electrons. The molecule has 0 spiro atoms. The standard InChI is InChI=1S/C10H10Cl2O2/c1-10(2)6(4-13)8(11)3-9(12)7(10)5-14/h3-6H,1-2H3. The summed E-state index contributed by atoms with van der Waals surface area (Å²) < 4.78 is 0.